The lowest BCUT2D eigenvalue weighted by Crippen LogP contribution is -2.47. The lowest BCUT2D eigenvalue weighted by atomic mass is 9.76. The first-order chi connectivity index (χ1) is 13.1. The Morgan fingerprint density at radius 1 is 1.11 bits per heavy atom. The molecule has 0 radical (unpaired) electrons. The zero-order valence-electron chi connectivity index (χ0n) is 15.9. The highest BCUT2D eigenvalue weighted by molar-refractivity contribution is 7.99. The first-order valence-electron chi connectivity index (χ1n) is 9.97. The molecule has 1 aromatic carbocycles. The Morgan fingerprint density at radius 2 is 1.89 bits per heavy atom. The molecule has 1 N–H and O–H groups in total. The summed E-state index contributed by atoms with van der Waals surface area (Å²) in [6, 6.07) is 9.40. The molecule has 4 atom stereocenters. The van der Waals surface area contributed by atoms with Gasteiger partial charge in [-0.1, -0.05) is 12.1 Å². The summed E-state index contributed by atoms with van der Waals surface area (Å²) in [5, 5.41) is 2.98. The van der Waals surface area contributed by atoms with Crippen LogP contribution < -0.4 is 5.32 Å². The van der Waals surface area contributed by atoms with Crippen LogP contribution in [0, 0.1) is 5.92 Å². The quantitative estimate of drug-likeness (QED) is 0.692. The number of anilines is 1. The summed E-state index contributed by atoms with van der Waals surface area (Å²) in [4.78, 5) is 26.8. The van der Waals surface area contributed by atoms with Crippen LogP contribution in [0.25, 0.3) is 0 Å². The van der Waals surface area contributed by atoms with Crippen LogP contribution in [-0.2, 0) is 14.3 Å². The van der Waals surface area contributed by atoms with Crippen molar-refractivity contribution in [3.8, 4) is 0 Å². The van der Waals surface area contributed by atoms with E-state index in [-0.39, 0.29) is 11.9 Å². The molecule has 5 nitrogen and oxygen atoms in total. The number of nitrogens with one attached hydrogen (secondary N) is 1. The topological polar surface area (TPSA) is 58.6 Å². The Morgan fingerprint density at radius 3 is 2.70 bits per heavy atom. The fraction of sp³-hybridized carbons (Fsp3) is 0.619. The van der Waals surface area contributed by atoms with Gasteiger partial charge in [0, 0.05) is 41.6 Å². The van der Waals surface area contributed by atoms with E-state index in [9.17, 15) is 9.59 Å². The number of carbonyl (C=O) groups is 2. The number of esters is 1. The van der Waals surface area contributed by atoms with Crippen molar-refractivity contribution in [2.24, 2.45) is 5.92 Å². The second-order valence-electron chi connectivity index (χ2n) is 7.94. The third kappa shape index (κ3) is 4.16. The average Bonchev–Trinajstić information content (AvgIpc) is 2.90. The van der Waals surface area contributed by atoms with E-state index in [1.54, 1.807) is 11.8 Å². The summed E-state index contributed by atoms with van der Waals surface area (Å²) < 4.78 is 5.71. The largest absolute Gasteiger partial charge is 0.465 e. The van der Waals surface area contributed by atoms with Crippen LogP contribution in [0.4, 0.5) is 5.69 Å². The Hall–Kier alpha value is -1.53. The van der Waals surface area contributed by atoms with Gasteiger partial charge in [-0.15, -0.1) is 0 Å². The minimum atomic E-state index is -0.115. The Balaban J connectivity index is 1.59. The maximum Gasteiger partial charge on any atom is 0.306 e. The number of ether oxygens (including phenoxy) is 1. The van der Waals surface area contributed by atoms with E-state index in [2.05, 4.69) is 29.4 Å². The number of hydrogen-bond acceptors (Lipinski definition) is 5. The van der Waals surface area contributed by atoms with E-state index in [4.69, 9.17) is 4.74 Å². The highest BCUT2D eigenvalue weighted by atomic mass is 32.2. The first-order valence-corrected chi connectivity index (χ1v) is 11.1. The second-order valence-corrected chi connectivity index (χ2v) is 9.16. The molecule has 2 saturated heterocycles. The normalized spacial score (nSPS) is 32.6. The van der Waals surface area contributed by atoms with Crippen LogP contribution in [0.2, 0.25) is 0 Å². The molecular weight excluding hydrogens is 360 g/mol. The third-order valence-electron chi connectivity index (χ3n) is 6.42. The number of benzene rings is 1. The van der Waals surface area contributed by atoms with Gasteiger partial charge in [-0.3, -0.25) is 9.59 Å². The van der Waals surface area contributed by atoms with Gasteiger partial charge in [0.1, 0.15) is 0 Å². The van der Waals surface area contributed by atoms with Gasteiger partial charge in [0.15, 0.2) is 0 Å². The van der Waals surface area contributed by atoms with Gasteiger partial charge in [-0.05, 0) is 49.9 Å². The van der Waals surface area contributed by atoms with Crippen molar-refractivity contribution in [1.82, 2.24) is 4.90 Å². The number of fused-ring (bicyclic) bond motifs is 13. The molecule has 4 aliphatic heterocycles. The van der Waals surface area contributed by atoms with E-state index in [0.29, 0.717) is 49.1 Å². The zero-order valence-corrected chi connectivity index (χ0v) is 16.7. The van der Waals surface area contributed by atoms with Crippen LogP contribution in [0.3, 0.4) is 0 Å². The van der Waals surface area contributed by atoms with Gasteiger partial charge in [-0.2, -0.15) is 11.8 Å². The number of nitrogens with zero attached hydrogens (tertiary/aromatic N) is 1. The molecule has 6 heteroatoms. The SMILES string of the molecule is CN1[C@H]2CC[C@@H]1[C@H]1COC(=O)CCSCCC(=O)Nc3ccc(cc3)[C@H]1C2. The van der Waals surface area contributed by atoms with Crippen LogP contribution in [0.1, 0.15) is 43.6 Å². The Labute approximate surface area is 165 Å². The maximum atomic E-state index is 12.2. The minimum absolute atomic E-state index is 0.0279. The summed E-state index contributed by atoms with van der Waals surface area (Å²) in [6.45, 7) is 0.508. The highest BCUT2D eigenvalue weighted by Crippen LogP contribution is 2.46. The molecule has 0 spiro atoms. The molecule has 5 rings (SSSR count). The maximum absolute atomic E-state index is 12.2. The van der Waals surface area contributed by atoms with Crippen molar-refractivity contribution in [2.75, 3.05) is 30.5 Å². The van der Waals surface area contributed by atoms with E-state index < -0.39 is 0 Å². The van der Waals surface area contributed by atoms with Crippen molar-refractivity contribution in [1.29, 1.82) is 0 Å². The number of amides is 1. The highest BCUT2D eigenvalue weighted by Gasteiger charge is 2.46. The molecule has 4 bridgehead atoms. The molecule has 4 aliphatic rings. The van der Waals surface area contributed by atoms with Gasteiger partial charge < -0.3 is 15.0 Å². The molecule has 1 amide bonds. The van der Waals surface area contributed by atoms with Gasteiger partial charge in [-0.25, -0.2) is 0 Å². The number of piperidine rings is 1. The molecule has 0 unspecified atom stereocenters. The van der Waals surface area contributed by atoms with Gasteiger partial charge in [0.25, 0.3) is 0 Å². The van der Waals surface area contributed by atoms with Crippen molar-refractivity contribution in [3.63, 3.8) is 0 Å². The molecule has 27 heavy (non-hydrogen) atoms. The summed E-state index contributed by atoms with van der Waals surface area (Å²) in [6.07, 6.45) is 4.40. The fourth-order valence-electron chi connectivity index (χ4n) is 4.91. The standard InChI is InChI=1S/C21H28N2O3S/c1-23-16-6-7-19(23)18-13-26-21(25)9-11-27-10-8-20(24)22-15-4-2-14(3-5-15)17(18)12-16/h2-5,16-19H,6-13H2,1H3,(H,22,24)/t16-,17+,18-,19+/m0/s1. The van der Waals surface area contributed by atoms with E-state index >= 15 is 0 Å². The van der Waals surface area contributed by atoms with Gasteiger partial charge >= 0.3 is 5.97 Å². The van der Waals surface area contributed by atoms with Crippen LogP contribution in [0.15, 0.2) is 24.3 Å². The number of carbonyl (C=O) groups excluding carboxylic acids is 2. The summed E-state index contributed by atoms with van der Waals surface area (Å²) in [5.74, 6) is 2.07. The van der Waals surface area contributed by atoms with E-state index in [0.717, 1.165) is 17.9 Å². The van der Waals surface area contributed by atoms with Crippen molar-refractivity contribution < 1.29 is 14.3 Å². The first kappa shape index (κ1) is 18.8. The average molecular weight is 389 g/mol. The molecule has 4 heterocycles. The van der Waals surface area contributed by atoms with Crippen LogP contribution in [-0.4, -0.2) is 54.0 Å². The molecule has 0 saturated carbocycles. The molecule has 1 aromatic rings. The number of rotatable bonds is 0. The predicted octanol–water partition coefficient (Wildman–Crippen LogP) is 3.26. The molecule has 146 valence electrons. The van der Waals surface area contributed by atoms with Crippen LogP contribution in [0.5, 0.6) is 0 Å². The fourth-order valence-corrected chi connectivity index (χ4v) is 5.75. The minimum Gasteiger partial charge on any atom is -0.465 e. The lowest BCUT2D eigenvalue weighted by Gasteiger charge is -2.43. The lowest BCUT2D eigenvalue weighted by molar-refractivity contribution is -0.146. The monoisotopic (exact) mass is 388 g/mol. The number of thioether (sulfide) groups is 1. The van der Waals surface area contributed by atoms with Gasteiger partial charge in [0.05, 0.1) is 13.0 Å². The molecule has 0 aliphatic carbocycles. The summed E-state index contributed by atoms with van der Waals surface area (Å²) >= 11 is 1.63. The smallest absolute Gasteiger partial charge is 0.306 e. The van der Waals surface area contributed by atoms with Crippen molar-refractivity contribution in [2.45, 2.75) is 50.1 Å². The number of hydrogen-bond donors (Lipinski definition) is 1. The third-order valence-corrected chi connectivity index (χ3v) is 7.40. The summed E-state index contributed by atoms with van der Waals surface area (Å²) in [7, 11) is 2.22. The predicted molar refractivity (Wildman–Crippen MR) is 108 cm³/mol. The zero-order chi connectivity index (χ0) is 18.8. The summed E-state index contributed by atoms with van der Waals surface area (Å²) in [5.41, 5.74) is 2.15. The Kier molecular flexibility index (Phi) is 5.74. The van der Waals surface area contributed by atoms with Crippen molar-refractivity contribution >= 4 is 29.3 Å². The molecule has 2 fully saturated rings. The van der Waals surface area contributed by atoms with E-state index in [1.165, 1.54) is 18.4 Å². The van der Waals surface area contributed by atoms with Crippen LogP contribution >= 0.6 is 11.8 Å². The molecule has 0 aromatic heterocycles. The second kappa shape index (κ2) is 8.23. The van der Waals surface area contributed by atoms with Crippen molar-refractivity contribution in [3.05, 3.63) is 29.8 Å². The Bertz CT molecular complexity index is 693. The van der Waals surface area contributed by atoms with E-state index in [1.807, 2.05) is 12.1 Å². The molecular formula is C21H28N2O3S. The van der Waals surface area contributed by atoms with Gasteiger partial charge in [0.2, 0.25) is 5.91 Å².